The molecular weight excluding hydrogens is 502 g/mol. The highest BCUT2D eigenvalue weighted by Crippen LogP contribution is 2.49. The molecule has 0 radical (unpaired) electrons. The normalized spacial score (nSPS) is 17.8. The van der Waals surface area contributed by atoms with Crippen molar-refractivity contribution in [3.05, 3.63) is 60.7 Å². The van der Waals surface area contributed by atoms with E-state index < -0.39 is 22.6 Å². The number of hydrogen-bond acceptors (Lipinski definition) is 8. The Hall–Kier alpha value is -2.96. The molecule has 0 saturated carbocycles. The number of rotatable bonds is 4. The van der Waals surface area contributed by atoms with Crippen molar-refractivity contribution in [2.45, 2.75) is 24.0 Å². The maximum atomic E-state index is 13.4. The average molecular weight is 522 g/mol. The van der Waals surface area contributed by atoms with Crippen molar-refractivity contribution in [3.8, 4) is 10.7 Å². The number of nitrogens with two attached hydrogens (primary N) is 1. The number of amides is 1. The molecule has 4 aromatic rings. The van der Waals surface area contributed by atoms with Crippen LogP contribution in [0.25, 0.3) is 21.6 Å². The Morgan fingerprint density at radius 1 is 1.32 bits per heavy atom. The molecule has 0 bridgehead atoms. The smallest absolute Gasteiger partial charge is 0.404 e. The van der Waals surface area contributed by atoms with E-state index in [9.17, 15) is 14.4 Å². The van der Waals surface area contributed by atoms with Gasteiger partial charge in [-0.2, -0.15) is 0 Å². The molecule has 5 heterocycles. The third-order valence-corrected chi connectivity index (χ3v) is 8.32. The number of halogens is 1. The van der Waals surface area contributed by atoms with Gasteiger partial charge in [0, 0.05) is 31.7 Å². The molecule has 2 atom stereocenters. The predicted molar refractivity (Wildman–Crippen MR) is 131 cm³/mol. The molecule has 0 spiro atoms. The largest absolute Gasteiger partial charge is 0.448 e. The van der Waals surface area contributed by atoms with E-state index >= 15 is 0 Å². The Balaban J connectivity index is 1.87. The van der Waals surface area contributed by atoms with Gasteiger partial charge in [-0.1, -0.05) is 0 Å². The van der Waals surface area contributed by atoms with Crippen molar-refractivity contribution in [3.63, 3.8) is 0 Å². The van der Waals surface area contributed by atoms with Crippen molar-refractivity contribution in [1.29, 1.82) is 0 Å². The van der Waals surface area contributed by atoms with Gasteiger partial charge in [0.1, 0.15) is 22.6 Å². The standard InChI is InChI=1S/C21H20ClN5O5S2/c1-9-8-33-18(24-9)15-13-14(25(2)21(30)26(3)19(13)28)16-17(11-4-5-12(22)32-11)34-10(6-27(15)16)7-31-20(23)29/h4-5,8,10,17H,6-7H2,1-3H3,(H2,23,29)/t10-,17+/m0/s1. The van der Waals surface area contributed by atoms with Crippen molar-refractivity contribution >= 4 is 51.7 Å². The maximum Gasteiger partial charge on any atom is 0.404 e. The van der Waals surface area contributed by atoms with Crippen LogP contribution in [0.2, 0.25) is 5.22 Å². The lowest BCUT2D eigenvalue weighted by molar-refractivity contribution is 0.155. The summed E-state index contributed by atoms with van der Waals surface area (Å²) in [5.41, 5.74) is 7.03. The molecule has 1 aliphatic heterocycles. The molecule has 4 aromatic heterocycles. The van der Waals surface area contributed by atoms with Gasteiger partial charge < -0.3 is 19.5 Å². The van der Waals surface area contributed by atoms with E-state index in [0.29, 0.717) is 33.9 Å². The topological polar surface area (TPSA) is 127 Å². The molecule has 5 rings (SSSR count). The first-order valence-corrected chi connectivity index (χ1v) is 12.4. The summed E-state index contributed by atoms with van der Waals surface area (Å²) in [6.07, 6.45) is -0.867. The van der Waals surface area contributed by atoms with E-state index in [0.717, 1.165) is 16.0 Å². The number of carbonyl (C=O) groups is 1. The van der Waals surface area contributed by atoms with Crippen LogP contribution in [0.4, 0.5) is 4.79 Å². The van der Waals surface area contributed by atoms with Gasteiger partial charge in [0.05, 0.1) is 27.5 Å². The van der Waals surface area contributed by atoms with E-state index in [1.165, 1.54) is 34.7 Å². The minimum Gasteiger partial charge on any atom is -0.448 e. The fraction of sp³-hybridized carbons (Fsp3) is 0.333. The molecule has 0 saturated heterocycles. The predicted octanol–water partition coefficient (Wildman–Crippen LogP) is 3.02. The maximum absolute atomic E-state index is 13.4. The number of aryl methyl sites for hydroxylation is 2. The summed E-state index contributed by atoms with van der Waals surface area (Å²) in [5.74, 6) is 0.550. The van der Waals surface area contributed by atoms with Crippen molar-refractivity contribution < 1.29 is 13.9 Å². The lowest BCUT2D eigenvalue weighted by Gasteiger charge is -2.30. The molecule has 10 nitrogen and oxygen atoms in total. The molecule has 1 amide bonds. The number of furan rings is 1. The summed E-state index contributed by atoms with van der Waals surface area (Å²) in [4.78, 5) is 42.3. The zero-order chi connectivity index (χ0) is 24.3. The van der Waals surface area contributed by atoms with Crippen LogP contribution in [0.5, 0.6) is 0 Å². The van der Waals surface area contributed by atoms with Crippen molar-refractivity contribution in [2.24, 2.45) is 19.8 Å². The number of ether oxygens (including phenoxy) is 1. The zero-order valence-corrected chi connectivity index (χ0v) is 20.8. The number of primary amides is 1. The van der Waals surface area contributed by atoms with Crippen LogP contribution < -0.4 is 17.0 Å². The average Bonchev–Trinajstić information content (AvgIpc) is 3.50. The summed E-state index contributed by atoms with van der Waals surface area (Å²) in [5, 5.41) is 2.53. The van der Waals surface area contributed by atoms with E-state index in [2.05, 4.69) is 4.98 Å². The molecule has 1 aliphatic rings. The molecule has 178 valence electrons. The number of nitrogens with zero attached hydrogens (tertiary/aromatic N) is 4. The first kappa shape index (κ1) is 22.8. The Bertz CT molecular complexity index is 1560. The summed E-state index contributed by atoms with van der Waals surface area (Å²) >= 11 is 8.99. The van der Waals surface area contributed by atoms with Crippen LogP contribution in [-0.4, -0.2) is 36.6 Å². The first-order valence-electron chi connectivity index (χ1n) is 10.2. The quantitative estimate of drug-likeness (QED) is 0.437. The zero-order valence-electron chi connectivity index (χ0n) is 18.4. The van der Waals surface area contributed by atoms with E-state index in [4.69, 9.17) is 26.5 Å². The summed E-state index contributed by atoms with van der Waals surface area (Å²) in [6, 6.07) is 3.40. The van der Waals surface area contributed by atoms with Gasteiger partial charge in [0.25, 0.3) is 5.56 Å². The van der Waals surface area contributed by atoms with Gasteiger partial charge in [-0.3, -0.25) is 13.9 Å². The number of fused-ring (bicyclic) bond motifs is 3. The number of aromatic nitrogens is 4. The molecule has 0 aromatic carbocycles. The second kappa shape index (κ2) is 8.36. The van der Waals surface area contributed by atoms with E-state index in [-0.39, 0.29) is 17.1 Å². The second-order valence-electron chi connectivity index (χ2n) is 7.98. The van der Waals surface area contributed by atoms with Gasteiger partial charge >= 0.3 is 11.8 Å². The van der Waals surface area contributed by atoms with Crippen LogP contribution in [0, 0.1) is 6.92 Å². The molecular formula is C21H20ClN5O5S2. The van der Waals surface area contributed by atoms with E-state index in [1.807, 2.05) is 16.9 Å². The van der Waals surface area contributed by atoms with Gasteiger partial charge in [-0.15, -0.1) is 23.1 Å². The van der Waals surface area contributed by atoms with Gasteiger partial charge in [0.15, 0.2) is 5.22 Å². The lowest BCUT2D eigenvalue weighted by atomic mass is 10.2. The van der Waals surface area contributed by atoms with Crippen LogP contribution >= 0.6 is 34.7 Å². The third-order valence-electron chi connectivity index (χ3n) is 5.75. The number of carbonyl (C=O) groups excluding carboxylic acids is 1. The second-order valence-corrected chi connectivity index (χ2v) is 10.6. The van der Waals surface area contributed by atoms with Crippen LogP contribution in [0.15, 0.2) is 31.5 Å². The number of hydrogen-bond donors (Lipinski definition) is 1. The fourth-order valence-electron chi connectivity index (χ4n) is 4.32. The molecule has 13 heteroatoms. The van der Waals surface area contributed by atoms with Crippen molar-refractivity contribution in [1.82, 2.24) is 18.7 Å². The highest BCUT2D eigenvalue weighted by Gasteiger charge is 2.38. The molecule has 2 N–H and O–H groups in total. The minimum absolute atomic E-state index is 0.0617. The SMILES string of the molecule is Cc1csc(-c2c3c(=O)n(C)c(=O)n(C)c3c3n2C[C@@H](COC(N)=O)S[C@@H]3c2ccc(Cl)o2)n1. The molecule has 0 aliphatic carbocycles. The monoisotopic (exact) mass is 521 g/mol. The van der Waals surface area contributed by atoms with Gasteiger partial charge in [0.2, 0.25) is 0 Å². The number of thiazole rings is 1. The Morgan fingerprint density at radius 2 is 2.09 bits per heavy atom. The minimum atomic E-state index is -0.867. The Labute approximate surface area is 205 Å². The fourth-order valence-corrected chi connectivity index (χ4v) is 6.73. The van der Waals surface area contributed by atoms with E-state index in [1.54, 1.807) is 19.2 Å². The van der Waals surface area contributed by atoms with Gasteiger partial charge in [-0.25, -0.2) is 14.6 Å². The Morgan fingerprint density at radius 3 is 2.71 bits per heavy atom. The van der Waals surface area contributed by atoms with Crippen molar-refractivity contribution in [2.75, 3.05) is 6.61 Å². The number of thioether (sulfide) groups is 1. The first-order chi connectivity index (χ1) is 16.2. The highest BCUT2D eigenvalue weighted by atomic mass is 35.5. The van der Waals surface area contributed by atoms with Gasteiger partial charge in [-0.05, 0) is 30.7 Å². The van der Waals surface area contributed by atoms with Crippen LogP contribution in [0.3, 0.4) is 0 Å². The summed E-state index contributed by atoms with van der Waals surface area (Å²) in [6.45, 7) is 2.34. The van der Waals surface area contributed by atoms with Crippen LogP contribution in [0.1, 0.15) is 22.4 Å². The highest BCUT2D eigenvalue weighted by molar-refractivity contribution is 8.00. The summed E-state index contributed by atoms with van der Waals surface area (Å²) in [7, 11) is 3.10. The molecule has 0 fully saturated rings. The molecule has 34 heavy (non-hydrogen) atoms. The summed E-state index contributed by atoms with van der Waals surface area (Å²) < 4.78 is 15.4. The molecule has 0 unspecified atom stereocenters. The Kier molecular flexibility index (Phi) is 5.61. The lowest BCUT2D eigenvalue weighted by Crippen LogP contribution is -2.37. The third kappa shape index (κ3) is 3.56. The van der Waals surface area contributed by atoms with Crippen LogP contribution in [-0.2, 0) is 25.4 Å².